The lowest BCUT2D eigenvalue weighted by molar-refractivity contribution is -0.0210. The van der Waals surface area contributed by atoms with Crippen molar-refractivity contribution in [3.05, 3.63) is 20.9 Å². The summed E-state index contributed by atoms with van der Waals surface area (Å²) in [5.41, 5.74) is 17.0. The van der Waals surface area contributed by atoms with Gasteiger partial charge in [0.25, 0.3) is 0 Å². The Kier molecular flexibility index (Phi) is 2.21. The van der Waals surface area contributed by atoms with Gasteiger partial charge in [-0.15, -0.1) is 0 Å². The fourth-order valence-electron chi connectivity index (χ4n) is 2.38. The molecule has 0 saturated carbocycles. The maximum Gasteiger partial charge on any atom is 0.179 e. The zero-order valence-electron chi connectivity index (χ0n) is 7.74. The molecule has 0 aromatic rings. The van der Waals surface area contributed by atoms with Crippen molar-refractivity contribution in [3.8, 4) is 0 Å². The van der Waals surface area contributed by atoms with Crippen LogP contribution in [0.1, 0.15) is 19.3 Å². The van der Waals surface area contributed by atoms with E-state index >= 15 is 0 Å². The van der Waals surface area contributed by atoms with E-state index in [1.165, 1.54) is 0 Å². The first kappa shape index (κ1) is 9.15. The molecule has 0 aliphatic carbocycles. The van der Waals surface area contributed by atoms with E-state index in [2.05, 4.69) is 20.1 Å². The average Bonchev–Trinajstić information content (AvgIpc) is 2.20. The maximum absolute atomic E-state index is 8.49. The van der Waals surface area contributed by atoms with Crippen molar-refractivity contribution >= 4 is 0 Å². The Morgan fingerprint density at radius 2 is 1.71 bits per heavy atom. The molecule has 3 aliphatic rings. The summed E-state index contributed by atoms with van der Waals surface area (Å²) in [7, 11) is 0. The van der Waals surface area contributed by atoms with Crippen LogP contribution in [0.5, 0.6) is 0 Å². The summed E-state index contributed by atoms with van der Waals surface area (Å²) < 4.78 is 0. The van der Waals surface area contributed by atoms with Gasteiger partial charge in [0.15, 0.2) is 5.79 Å². The van der Waals surface area contributed by atoms with Gasteiger partial charge in [0.2, 0.25) is 0 Å². The van der Waals surface area contributed by atoms with Gasteiger partial charge in [0, 0.05) is 9.82 Å². The highest BCUT2D eigenvalue weighted by Gasteiger charge is 2.44. The topological polar surface area (TPSA) is 101 Å². The second-order valence-electron chi connectivity index (χ2n) is 3.79. The molecule has 2 bridgehead atoms. The fourth-order valence-corrected chi connectivity index (χ4v) is 2.38. The van der Waals surface area contributed by atoms with Gasteiger partial charge >= 0.3 is 0 Å². The van der Waals surface area contributed by atoms with Crippen molar-refractivity contribution in [2.24, 2.45) is 16.1 Å². The number of hydrogen-bond donors (Lipinski definition) is 0. The van der Waals surface area contributed by atoms with Crippen LogP contribution in [-0.4, -0.2) is 23.8 Å². The first-order chi connectivity index (χ1) is 6.80. The van der Waals surface area contributed by atoms with E-state index < -0.39 is 5.79 Å². The van der Waals surface area contributed by atoms with Crippen molar-refractivity contribution in [2.45, 2.75) is 25.0 Å². The Morgan fingerprint density at radius 1 is 1.14 bits per heavy atom. The average molecular weight is 193 g/mol. The van der Waals surface area contributed by atoms with E-state index in [0.717, 1.165) is 25.9 Å². The van der Waals surface area contributed by atoms with Gasteiger partial charge < -0.3 is 0 Å². The summed E-state index contributed by atoms with van der Waals surface area (Å²) in [5, 5.41) is 7.35. The summed E-state index contributed by atoms with van der Waals surface area (Å²) in [6, 6.07) is 0. The van der Waals surface area contributed by atoms with Crippen molar-refractivity contribution in [3.63, 3.8) is 0 Å². The van der Waals surface area contributed by atoms with E-state index in [-0.39, 0.29) is 0 Å². The number of fused-ring (bicyclic) bond motifs is 3. The van der Waals surface area contributed by atoms with Gasteiger partial charge in [0.1, 0.15) is 0 Å². The number of hydrogen-bond acceptors (Lipinski definition) is 3. The van der Waals surface area contributed by atoms with Gasteiger partial charge in [0.05, 0.1) is 0 Å². The third-order valence-corrected chi connectivity index (χ3v) is 3.09. The van der Waals surface area contributed by atoms with E-state index in [1.54, 1.807) is 0 Å². The highest BCUT2D eigenvalue weighted by Crippen LogP contribution is 2.41. The van der Waals surface area contributed by atoms with Gasteiger partial charge in [-0.2, -0.15) is 0 Å². The molecule has 7 heteroatoms. The number of nitrogens with zero attached hydrogens (tertiary/aromatic N) is 7. The molecule has 0 radical (unpaired) electrons. The third-order valence-electron chi connectivity index (χ3n) is 3.09. The quantitative estimate of drug-likeness (QED) is 0.375. The Hall–Kier alpha value is -1.42. The van der Waals surface area contributed by atoms with Crippen LogP contribution in [0.15, 0.2) is 10.2 Å². The first-order valence-electron chi connectivity index (χ1n) is 4.68. The smallest absolute Gasteiger partial charge is 0.179 e. The van der Waals surface area contributed by atoms with Gasteiger partial charge in [-0.25, -0.2) is 0 Å². The van der Waals surface area contributed by atoms with Crippen molar-refractivity contribution in [1.82, 2.24) is 4.90 Å². The lowest BCUT2D eigenvalue weighted by Crippen LogP contribution is -2.55. The van der Waals surface area contributed by atoms with Crippen LogP contribution in [0.3, 0.4) is 0 Å². The molecular weight excluding hydrogens is 182 g/mol. The minimum atomic E-state index is -0.954. The van der Waals surface area contributed by atoms with Crippen molar-refractivity contribution < 1.29 is 0 Å². The predicted molar refractivity (Wildman–Crippen MR) is 49.9 cm³/mol. The molecular formula is C7H11N7. The summed E-state index contributed by atoms with van der Waals surface area (Å²) in [5.74, 6) is -0.416. The van der Waals surface area contributed by atoms with Gasteiger partial charge in [-0.3, -0.25) is 4.90 Å². The SMILES string of the molecule is [N-]=[N+]=NC1(N=[N+]=[N-])CC2CCN1CC2. The number of rotatable bonds is 2. The zero-order chi connectivity index (χ0) is 10.0. The molecule has 74 valence electrons. The van der Waals surface area contributed by atoms with Crippen LogP contribution in [0.4, 0.5) is 0 Å². The molecule has 3 aliphatic heterocycles. The number of piperidine rings is 3. The first-order valence-corrected chi connectivity index (χ1v) is 4.68. The molecule has 0 atom stereocenters. The molecule has 7 nitrogen and oxygen atoms in total. The minimum absolute atomic E-state index is 0.538. The number of azide groups is 1. The maximum atomic E-state index is 8.49. The van der Waals surface area contributed by atoms with Crippen LogP contribution >= 0.6 is 0 Å². The molecule has 0 amide bonds. The lowest BCUT2D eigenvalue weighted by Gasteiger charge is -2.49. The summed E-state index contributed by atoms with van der Waals surface area (Å²) in [6.45, 7) is 1.73. The Labute approximate surface area is 80.9 Å². The van der Waals surface area contributed by atoms with E-state index in [4.69, 9.17) is 11.1 Å². The van der Waals surface area contributed by atoms with Crippen LogP contribution in [-0.2, 0) is 0 Å². The standard InChI is InChI=1S/C7H11N7/c8-12-10-7(11-13-9)5-6-1-3-14(7)4-2-6/h6H,1-5H2. The van der Waals surface area contributed by atoms with E-state index in [9.17, 15) is 0 Å². The van der Waals surface area contributed by atoms with Crippen LogP contribution in [0, 0.1) is 5.92 Å². The van der Waals surface area contributed by atoms with Gasteiger partial charge in [-0.05, 0) is 49.3 Å². The molecule has 14 heavy (non-hydrogen) atoms. The summed E-state index contributed by atoms with van der Waals surface area (Å²) in [6.07, 6.45) is 2.90. The predicted octanol–water partition coefficient (Wildman–Crippen LogP) is 2.38. The third kappa shape index (κ3) is 1.28. The summed E-state index contributed by atoms with van der Waals surface area (Å²) in [4.78, 5) is 7.55. The summed E-state index contributed by atoms with van der Waals surface area (Å²) >= 11 is 0. The monoisotopic (exact) mass is 193 g/mol. The molecule has 0 N–H and O–H groups in total. The Balaban J connectivity index is 2.35. The second kappa shape index (κ2) is 3.38. The zero-order valence-corrected chi connectivity index (χ0v) is 7.74. The fraction of sp³-hybridized carbons (Fsp3) is 1.00. The van der Waals surface area contributed by atoms with Crippen LogP contribution in [0.2, 0.25) is 0 Å². The highest BCUT2D eigenvalue weighted by atomic mass is 15.5. The Bertz CT molecular complexity index is 299. The minimum Gasteiger partial charge on any atom is -0.287 e. The molecule has 0 spiro atoms. The second-order valence-corrected chi connectivity index (χ2v) is 3.79. The lowest BCUT2D eigenvalue weighted by atomic mass is 9.84. The van der Waals surface area contributed by atoms with Gasteiger partial charge in [-0.1, -0.05) is 10.2 Å². The van der Waals surface area contributed by atoms with Crippen molar-refractivity contribution in [1.29, 1.82) is 0 Å². The molecule has 0 aromatic carbocycles. The molecule has 3 saturated heterocycles. The molecule has 3 heterocycles. The Morgan fingerprint density at radius 3 is 2.07 bits per heavy atom. The normalized spacial score (nSPS) is 39.7. The highest BCUT2D eigenvalue weighted by molar-refractivity contribution is 4.97. The van der Waals surface area contributed by atoms with Crippen LogP contribution < -0.4 is 0 Å². The molecule has 0 aromatic heterocycles. The molecule has 0 unspecified atom stereocenters. The van der Waals surface area contributed by atoms with E-state index in [0.29, 0.717) is 12.3 Å². The van der Waals surface area contributed by atoms with Crippen molar-refractivity contribution in [2.75, 3.05) is 13.1 Å². The van der Waals surface area contributed by atoms with Crippen LogP contribution in [0.25, 0.3) is 20.9 Å². The van der Waals surface area contributed by atoms with E-state index in [1.807, 2.05) is 4.90 Å². The molecule has 3 fully saturated rings. The molecule has 3 rings (SSSR count). The largest absolute Gasteiger partial charge is 0.287 e.